The van der Waals surface area contributed by atoms with Gasteiger partial charge in [-0.25, -0.2) is 13.6 Å². The maximum atomic E-state index is 13.1. The Labute approximate surface area is 128 Å². The number of alkyl halides is 2. The molecule has 1 rings (SSSR count). The number of aliphatic hydroxyl groups is 2. The van der Waals surface area contributed by atoms with E-state index in [1.165, 1.54) is 26.0 Å². The molecule has 2 atom stereocenters. The highest BCUT2D eigenvalue weighted by atomic mass is 19.3. The Balaban J connectivity index is 3.37. The lowest BCUT2D eigenvalue weighted by Gasteiger charge is -2.48. The molecule has 6 heteroatoms. The molecule has 0 bridgehead atoms. The molecule has 4 nitrogen and oxygen atoms in total. The first-order valence-electron chi connectivity index (χ1n) is 6.92. The van der Waals surface area contributed by atoms with Gasteiger partial charge in [0, 0.05) is 17.1 Å². The summed E-state index contributed by atoms with van der Waals surface area (Å²) in [5.74, 6) is -1.13. The number of hydrogen-bond donors (Lipinski definition) is 3. The minimum Gasteiger partial charge on any atom is -0.478 e. The maximum absolute atomic E-state index is 13.1. The SMILES string of the molecule is CC(C=CC1(O)C(C)=C(C(F)F)C(O)CC1(C)C)=CC(=O)O. The van der Waals surface area contributed by atoms with Gasteiger partial charge in [-0.2, -0.15) is 0 Å². The van der Waals surface area contributed by atoms with Crippen molar-refractivity contribution < 1.29 is 28.9 Å². The molecular weight excluding hydrogens is 294 g/mol. The zero-order chi connectivity index (χ0) is 17.3. The smallest absolute Gasteiger partial charge is 0.328 e. The predicted octanol–water partition coefficient (Wildman–Crippen LogP) is 2.68. The summed E-state index contributed by atoms with van der Waals surface area (Å²) in [6, 6.07) is 0. The van der Waals surface area contributed by atoms with Crippen molar-refractivity contribution in [3.8, 4) is 0 Å². The van der Waals surface area contributed by atoms with Crippen LogP contribution in [0.2, 0.25) is 0 Å². The molecule has 0 amide bonds. The van der Waals surface area contributed by atoms with Crippen LogP contribution in [0.15, 0.2) is 34.9 Å². The number of rotatable bonds is 4. The summed E-state index contributed by atoms with van der Waals surface area (Å²) in [5.41, 5.74) is -2.66. The van der Waals surface area contributed by atoms with E-state index in [0.717, 1.165) is 6.08 Å². The summed E-state index contributed by atoms with van der Waals surface area (Å²) in [6.07, 6.45) is -0.517. The molecule has 0 heterocycles. The van der Waals surface area contributed by atoms with E-state index in [0.29, 0.717) is 5.57 Å². The zero-order valence-electron chi connectivity index (χ0n) is 13.1. The molecule has 3 N–H and O–H groups in total. The van der Waals surface area contributed by atoms with Crippen molar-refractivity contribution in [2.24, 2.45) is 5.41 Å². The van der Waals surface area contributed by atoms with Gasteiger partial charge in [0.25, 0.3) is 6.43 Å². The fourth-order valence-electron chi connectivity index (χ4n) is 2.88. The first-order valence-corrected chi connectivity index (χ1v) is 6.92. The molecule has 22 heavy (non-hydrogen) atoms. The van der Waals surface area contributed by atoms with Gasteiger partial charge < -0.3 is 15.3 Å². The Morgan fingerprint density at radius 3 is 2.41 bits per heavy atom. The van der Waals surface area contributed by atoms with Crippen LogP contribution in [0.4, 0.5) is 8.78 Å². The van der Waals surface area contributed by atoms with E-state index in [2.05, 4.69) is 0 Å². The Bertz CT molecular complexity index is 546. The van der Waals surface area contributed by atoms with Crippen LogP contribution in [0.5, 0.6) is 0 Å². The standard InChI is InChI=1S/C16H22F2O4/c1-9(7-12(20)21)5-6-16(22)10(2)13(14(17)18)11(19)8-15(16,3)4/h5-7,11,14,19,22H,8H2,1-4H3,(H,20,21). The van der Waals surface area contributed by atoms with Crippen molar-refractivity contribution >= 4 is 5.97 Å². The highest BCUT2D eigenvalue weighted by Gasteiger charge is 2.50. The summed E-state index contributed by atoms with van der Waals surface area (Å²) in [4.78, 5) is 10.6. The molecule has 0 radical (unpaired) electrons. The topological polar surface area (TPSA) is 77.8 Å². The lowest BCUT2D eigenvalue weighted by atomic mass is 9.62. The van der Waals surface area contributed by atoms with Crippen molar-refractivity contribution in [1.82, 2.24) is 0 Å². The van der Waals surface area contributed by atoms with E-state index in [1.54, 1.807) is 13.8 Å². The molecule has 1 aliphatic rings. The van der Waals surface area contributed by atoms with E-state index >= 15 is 0 Å². The molecule has 0 saturated carbocycles. The van der Waals surface area contributed by atoms with Gasteiger partial charge in [0.2, 0.25) is 0 Å². The van der Waals surface area contributed by atoms with Crippen LogP contribution in [0, 0.1) is 5.41 Å². The average molecular weight is 316 g/mol. The Morgan fingerprint density at radius 1 is 1.41 bits per heavy atom. The van der Waals surface area contributed by atoms with E-state index in [-0.39, 0.29) is 12.0 Å². The molecule has 0 aromatic heterocycles. The number of allylic oxidation sites excluding steroid dienone is 2. The third-order valence-electron chi connectivity index (χ3n) is 4.27. The molecule has 0 aromatic rings. The summed E-state index contributed by atoms with van der Waals surface area (Å²) in [6.45, 7) is 6.24. The third kappa shape index (κ3) is 3.44. The fourth-order valence-corrected chi connectivity index (χ4v) is 2.88. The van der Waals surface area contributed by atoms with Crippen LogP contribution in [0.3, 0.4) is 0 Å². The van der Waals surface area contributed by atoms with Gasteiger partial charge in [0.05, 0.1) is 6.10 Å². The first kappa shape index (κ1) is 18.5. The first-order chi connectivity index (χ1) is 9.92. The monoisotopic (exact) mass is 316 g/mol. The van der Waals surface area contributed by atoms with Crippen molar-refractivity contribution in [2.75, 3.05) is 0 Å². The molecule has 1 aliphatic carbocycles. The average Bonchev–Trinajstić information content (AvgIpc) is 2.32. The van der Waals surface area contributed by atoms with Gasteiger partial charge >= 0.3 is 5.97 Å². The number of hydrogen-bond acceptors (Lipinski definition) is 3. The van der Waals surface area contributed by atoms with Crippen molar-refractivity contribution in [3.05, 3.63) is 34.9 Å². The van der Waals surface area contributed by atoms with E-state index in [1.807, 2.05) is 0 Å². The predicted molar refractivity (Wildman–Crippen MR) is 78.6 cm³/mol. The number of carboxylic acid groups (broad SMARTS) is 1. The fraction of sp³-hybridized carbons (Fsp3) is 0.562. The van der Waals surface area contributed by atoms with Crippen LogP contribution in [-0.2, 0) is 4.79 Å². The minimum absolute atomic E-state index is 0.00521. The zero-order valence-corrected chi connectivity index (χ0v) is 13.1. The Hall–Kier alpha value is -1.53. The van der Waals surface area contributed by atoms with Crippen LogP contribution in [-0.4, -0.2) is 39.4 Å². The minimum atomic E-state index is -2.86. The lowest BCUT2D eigenvalue weighted by Crippen LogP contribution is -2.51. The second-order valence-corrected chi connectivity index (χ2v) is 6.31. The van der Waals surface area contributed by atoms with E-state index < -0.39 is 35.1 Å². The van der Waals surface area contributed by atoms with Crippen LogP contribution < -0.4 is 0 Å². The van der Waals surface area contributed by atoms with Crippen LogP contribution >= 0.6 is 0 Å². The molecule has 124 valence electrons. The van der Waals surface area contributed by atoms with Crippen molar-refractivity contribution in [1.29, 1.82) is 0 Å². The van der Waals surface area contributed by atoms with Gasteiger partial charge in [-0.1, -0.05) is 19.9 Å². The van der Waals surface area contributed by atoms with Gasteiger partial charge in [0.15, 0.2) is 0 Å². The number of halogens is 2. The normalized spacial score (nSPS) is 29.5. The third-order valence-corrected chi connectivity index (χ3v) is 4.27. The van der Waals surface area contributed by atoms with E-state index in [4.69, 9.17) is 5.11 Å². The highest BCUT2D eigenvalue weighted by Crippen LogP contribution is 2.48. The van der Waals surface area contributed by atoms with Gasteiger partial charge in [0.1, 0.15) is 5.60 Å². The quantitative estimate of drug-likeness (QED) is 0.423. The Morgan fingerprint density at radius 2 is 1.95 bits per heavy atom. The van der Waals surface area contributed by atoms with Crippen molar-refractivity contribution in [2.45, 2.75) is 52.2 Å². The summed E-state index contributed by atoms with van der Waals surface area (Å²) in [5, 5.41) is 29.5. The van der Waals surface area contributed by atoms with Gasteiger partial charge in [-0.15, -0.1) is 0 Å². The largest absolute Gasteiger partial charge is 0.478 e. The van der Waals surface area contributed by atoms with Gasteiger partial charge in [-0.3, -0.25) is 0 Å². The summed E-state index contributed by atoms with van der Waals surface area (Å²) in [7, 11) is 0. The number of aliphatic hydroxyl groups excluding tert-OH is 1. The van der Waals surface area contributed by atoms with Crippen LogP contribution in [0.1, 0.15) is 34.1 Å². The summed E-state index contributed by atoms with van der Waals surface area (Å²) < 4.78 is 26.3. The number of aliphatic carboxylic acids is 1. The molecule has 0 fully saturated rings. The maximum Gasteiger partial charge on any atom is 0.328 e. The second kappa shape index (κ2) is 6.30. The van der Waals surface area contributed by atoms with Gasteiger partial charge in [-0.05, 0) is 37.5 Å². The Kier molecular flexibility index (Phi) is 5.30. The molecular formula is C16H22F2O4. The highest BCUT2D eigenvalue weighted by molar-refractivity contribution is 5.81. The second-order valence-electron chi connectivity index (χ2n) is 6.31. The molecule has 0 saturated heterocycles. The van der Waals surface area contributed by atoms with E-state index in [9.17, 15) is 23.8 Å². The molecule has 0 spiro atoms. The van der Waals surface area contributed by atoms with Crippen LogP contribution in [0.25, 0.3) is 0 Å². The number of carboxylic acids is 1. The lowest BCUT2D eigenvalue weighted by molar-refractivity contribution is -0.131. The molecule has 0 aliphatic heterocycles. The molecule has 0 aromatic carbocycles. The summed E-state index contributed by atoms with van der Waals surface area (Å²) >= 11 is 0. The van der Waals surface area contributed by atoms with Crippen molar-refractivity contribution in [3.63, 3.8) is 0 Å². The molecule has 2 unspecified atom stereocenters. The number of carbonyl (C=O) groups is 1.